The van der Waals surface area contributed by atoms with Crippen LogP contribution in [-0.2, 0) is 4.74 Å². The molecule has 0 bridgehead atoms. The molecule has 6 nitrogen and oxygen atoms in total. The van der Waals surface area contributed by atoms with Crippen molar-refractivity contribution in [2.24, 2.45) is 5.41 Å². The fourth-order valence-electron chi connectivity index (χ4n) is 3.90. The van der Waals surface area contributed by atoms with E-state index in [1.165, 1.54) is 10.8 Å². The summed E-state index contributed by atoms with van der Waals surface area (Å²) in [5.74, 6) is 1.02. The summed E-state index contributed by atoms with van der Waals surface area (Å²) in [4.78, 5) is 23.6. The highest BCUT2D eigenvalue weighted by Crippen LogP contribution is 2.40. The van der Waals surface area contributed by atoms with Gasteiger partial charge >= 0.3 is 0 Å². The first-order valence-corrected chi connectivity index (χ1v) is 9.97. The highest BCUT2D eigenvalue weighted by Gasteiger charge is 2.38. The SMILES string of the molecule is Cc1nc(N2CCC3(CCOC3)CC2)c(Cl)c(=O)n1-c1ccnc(Cl)c1Cl. The molecule has 2 fully saturated rings. The predicted octanol–water partition coefficient (Wildman–Crippen LogP) is 3.90. The third-order valence-corrected chi connectivity index (χ3v) is 6.64. The van der Waals surface area contributed by atoms with Gasteiger partial charge < -0.3 is 9.64 Å². The number of nitrogens with zero attached hydrogens (tertiary/aromatic N) is 4. The Morgan fingerprint density at radius 1 is 1.15 bits per heavy atom. The average molecular weight is 430 g/mol. The highest BCUT2D eigenvalue weighted by molar-refractivity contribution is 6.42. The van der Waals surface area contributed by atoms with Crippen molar-refractivity contribution in [3.05, 3.63) is 43.6 Å². The molecule has 2 aromatic heterocycles. The molecule has 0 unspecified atom stereocenters. The zero-order valence-electron chi connectivity index (χ0n) is 14.8. The standard InChI is InChI=1S/C18H19Cl3N4O2/c1-11-23-16(24-7-3-18(4-8-24)5-9-27-10-18)14(20)17(26)25(11)12-2-6-22-15(21)13(12)19/h2,6H,3-5,7-10H2,1H3. The molecule has 1 spiro atoms. The van der Waals surface area contributed by atoms with Crippen molar-refractivity contribution in [2.45, 2.75) is 26.2 Å². The predicted molar refractivity (Wildman–Crippen MR) is 107 cm³/mol. The van der Waals surface area contributed by atoms with E-state index in [0.717, 1.165) is 45.6 Å². The third-order valence-electron chi connectivity index (χ3n) is 5.55. The number of piperidine rings is 1. The largest absolute Gasteiger partial charge is 0.381 e. The summed E-state index contributed by atoms with van der Waals surface area (Å²) < 4.78 is 6.96. The lowest BCUT2D eigenvalue weighted by Gasteiger charge is -2.39. The molecule has 2 saturated heterocycles. The zero-order valence-corrected chi connectivity index (χ0v) is 17.1. The van der Waals surface area contributed by atoms with Crippen LogP contribution in [0.5, 0.6) is 0 Å². The molecule has 27 heavy (non-hydrogen) atoms. The van der Waals surface area contributed by atoms with Gasteiger partial charge in [-0.15, -0.1) is 0 Å². The number of aryl methyl sites for hydroxylation is 1. The van der Waals surface area contributed by atoms with Crippen LogP contribution < -0.4 is 10.5 Å². The van der Waals surface area contributed by atoms with Gasteiger partial charge in [-0.05, 0) is 37.7 Å². The number of ether oxygens (including phenoxy) is 1. The van der Waals surface area contributed by atoms with Crippen LogP contribution >= 0.6 is 34.8 Å². The smallest absolute Gasteiger partial charge is 0.279 e. The van der Waals surface area contributed by atoms with E-state index in [4.69, 9.17) is 39.5 Å². The third kappa shape index (κ3) is 3.33. The van der Waals surface area contributed by atoms with Crippen LogP contribution in [0, 0.1) is 12.3 Å². The maximum atomic E-state index is 13.0. The van der Waals surface area contributed by atoms with E-state index in [1.54, 1.807) is 13.0 Å². The second-order valence-corrected chi connectivity index (χ2v) is 8.28. The molecule has 2 aliphatic heterocycles. The van der Waals surface area contributed by atoms with E-state index in [2.05, 4.69) is 14.9 Å². The maximum absolute atomic E-state index is 13.0. The van der Waals surface area contributed by atoms with Gasteiger partial charge in [-0.2, -0.15) is 0 Å². The zero-order chi connectivity index (χ0) is 19.2. The molecule has 0 aromatic carbocycles. The van der Waals surface area contributed by atoms with Crippen molar-refractivity contribution in [1.82, 2.24) is 14.5 Å². The average Bonchev–Trinajstić information content (AvgIpc) is 3.11. The van der Waals surface area contributed by atoms with Gasteiger partial charge in [-0.3, -0.25) is 9.36 Å². The Balaban J connectivity index is 1.69. The molecular weight excluding hydrogens is 411 g/mol. The molecule has 4 rings (SSSR count). The second-order valence-electron chi connectivity index (χ2n) is 7.16. The summed E-state index contributed by atoms with van der Waals surface area (Å²) in [5.41, 5.74) is 0.322. The van der Waals surface area contributed by atoms with E-state index in [9.17, 15) is 4.79 Å². The van der Waals surface area contributed by atoms with Crippen LogP contribution in [0.3, 0.4) is 0 Å². The summed E-state index contributed by atoms with van der Waals surface area (Å²) in [7, 11) is 0. The van der Waals surface area contributed by atoms with Crippen molar-refractivity contribution < 1.29 is 4.74 Å². The molecule has 0 saturated carbocycles. The Hall–Kier alpha value is -1.34. The summed E-state index contributed by atoms with van der Waals surface area (Å²) in [6.07, 6.45) is 4.62. The van der Waals surface area contributed by atoms with Crippen molar-refractivity contribution in [3.8, 4) is 5.69 Å². The lowest BCUT2D eigenvalue weighted by Crippen LogP contribution is -2.42. The normalized spacial score (nSPS) is 19.0. The molecule has 0 N–H and O–H groups in total. The minimum Gasteiger partial charge on any atom is -0.381 e. The Morgan fingerprint density at radius 3 is 2.56 bits per heavy atom. The molecule has 144 valence electrons. The van der Waals surface area contributed by atoms with Gasteiger partial charge in [0.2, 0.25) is 0 Å². The molecule has 0 atom stereocenters. The first-order chi connectivity index (χ1) is 12.9. The van der Waals surface area contributed by atoms with Crippen LogP contribution in [-0.4, -0.2) is 40.8 Å². The van der Waals surface area contributed by atoms with Crippen LogP contribution in [0.1, 0.15) is 25.1 Å². The van der Waals surface area contributed by atoms with Gasteiger partial charge in [0.05, 0.1) is 12.3 Å². The van der Waals surface area contributed by atoms with E-state index in [-0.39, 0.29) is 26.2 Å². The van der Waals surface area contributed by atoms with Gasteiger partial charge in [0.25, 0.3) is 5.56 Å². The van der Waals surface area contributed by atoms with Crippen LogP contribution in [0.15, 0.2) is 17.1 Å². The minimum atomic E-state index is -0.368. The van der Waals surface area contributed by atoms with Crippen molar-refractivity contribution in [1.29, 1.82) is 0 Å². The summed E-state index contributed by atoms with van der Waals surface area (Å²) in [6.45, 7) is 5.02. The number of pyridine rings is 1. The molecule has 0 amide bonds. The van der Waals surface area contributed by atoms with E-state index < -0.39 is 0 Å². The van der Waals surface area contributed by atoms with Crippen molar-refractivity contribution >= 4 is 40.6 Å². The molecule has 9 heteroatoms. The first-order valence-electron chi connectivity index (χ1n) is 8.84. The Kier molecular flexibility index (Phi) is 5.10. The highest BCUT2D eigenvalue weighted by atomic mass is 35.5. The minimum absolute atomic E-state index is 0.0863. The fraction of sp³-hybridized carbons (Fsp3) is 0.500. The number of hydrogen-bond donors (Lipinski definition) is 0. The first kappa shape index (κ1) is 19.0. The number of rotatable bonds is 2. The van der Waals surface area contributed by atoms with Gasteiger partial charge in [0, 0.05) is 25.9 Å². The second kappa shape index (κ2) is 7.24. The molecule has 0 aliphatic carbocycles. The van der Waals surface area contributed by atoms with Gasteiger partial charge in [0.1, 0.15) is 21.0 Å². The molecular formula is C18H19Cl3N4O2. The van der Waals surface area contributed by atoms with E-state index in [1.807, 2.05) is 0 Å². The van der Waals surface area contributed by atoms with Crippen molar-refractivity contribution in [3.63, 3.8) is 0 Å². The number of aromatic nitrogens is 3. The lowest BCUT2D eigenvalue weighted by atomic mass is 9.78. The van der Waals surface area contributed by atoms with Crippen LogP contribution in [0.4, 0.5) is 5.82 Å². The monoisotopic (exact) mass is 428 g/mol. The lowest BCUT2D eigenvalue weighted by molar-refractivity contribution is 0.133. The fourth-order valence-corrected chi connectivity index (χ4v) is 4.50. The number of halogens is 3. The van der Waals surface area contributed by atoms with E-state index >= 15 is 0 Å². The van der Waals surface area contributed by atoms with Gasteiger partial charge in [-0.1, -0.05) is 34.8 Å². The topological polar surface area (TPSA) is 60.3 Å². The van der Waals surface area contributed by atoms with Gasteiger partial charge in [0.15, 0.2) is 5.82 Å². The number of anilines is 1. The summed E-state index contributed by atoms with van der Waals surface area (Å²) in [6, 6.07) is 1.62. The molecule has 2 aromatic rings. The maximum Gasteiger partial charge on any atom is 0.279 e. The van der Waals surface area contributed by atoms with Gasteiger partial charge in [-0.25, -0.2) is 9.97 Å². The summed E-state index contributed by atoms with van der Waals surface area (Å²) >= 11 is 18.7. The summed E-state index contributed by atoms with van der Waals surface area (Å²) in [5, 5.41) is 0.403. The number of hydrogen-bond acceptors (Lipinski definition) is 5. The van der Waals surface area contributed by atoms with E-state index in [0.29, 0.717) is 17.3 Å². The molecule has 2 aliphatic rings. The Morgan fingerprint density at radius 2 is 1.89 bits per heavy atom. The Bertz CT molecular complexity index is 931. The molecule has 4 heterocycles. The molecule has 0 radical (unpaired) electrons. The Labute approximate surface area is 172 Å². The van der Waals surface area contributed by atoms with Crippen LogP contribution in [0.25, 0.3) is 5.69 Å². The van der Waals surface area contributed by atoms with Crippen molar-refractivity contribution in [2.75, 3.05) is 31.2 Å². The van der Waals surface area contributed by atoms with Crippen LogP contribution in [0.2, 0.25) is 15.2 Å². The quantitative estimate of drug-likeness (QED) is 0.678.